The van der Waals surface area contributed by atoms with E-state index in [0.717, 1.165) is 17.3 Å². The predicted octanol–water partition coefficient (Wildman–Crippen LogP) is 2.54. The molecule has 1 aromatic carbocycles. The minimum absolute atomic E-state index is 0.165. The summed E-state index contributed by atoms with van der Waals surface area (Å²) in [5, 5.41) is 0. The standard InChI is InChI=1S/C19H28BrN3O3S/c1-15-5-3-6-16(2)23(15)19(24)14-21-9-11-22(12-10-21)27(25,26)18-8-4-7-17(20)13-18/h4,7-8,13,15-16H,3,5-6,9-12,14H2,1-2H3. The molecule has 2 fully saturated rings. The maximum atomic E-state index is 12.8. The highest BCUT2D eigenvalue weighted by molar-refractivity contribution is 9.10. The van der Waals surface area contributed by atoms with E-state index in [1.807, 2.05) is 11.0 Å². The number of nitrogens with zero attached hydrogens (tertiary/aromatic N) is 3. The average Bonchev–Trinajstić information content (AvgIpc) is 2.62. The third-order valence-corrected chi connectivity index (χ3v) is 7.99. The van der Waals surface area contributed by atoms with Gasteiger partial charge in [0.25, 0.3) is 0 Å². The molecule has 2 aliphatic heterocycles. The molecule has 1 aromatic rings. The molecule has 1 amide bonds. The highest BCUT2D eigenvalue weighted by Gasteiger charge is 2.32. The van der Waals surface area contributed by atoms with Gasteiger partial charge in [-0.3, -0.25) is 9.69 Å². The molecule has 150 valence electrons. The van der Waals surface area contributed by atoms with Gasteiger partial charge in [-0.1, -0.05) is 22.0 Å². The maximum absolute atomic E-state index is 12.8. The first-order valence-electron chi connectivity index (χ1n) is 9.58. The van der Waals surface area contributed by atoms with E-state index in [1.165, 1.54) is 10.7 Å². The molecule has 0 bridgehead atoms. The number of carbonyl (C=O) groups is 1. The van der Waals surface area contributed by atoms with Crippen molar-refractivity contribution in [2.75, 3.05) is 32.7 Å². The van der Waals surface area contributed by atoms with Crippen LogP contribution in [0.25, 0.3) is 0 Å². The van der Waals surface area contributed by atoms with Crippen molar-refractivity contribution >= 4 is 31.9 Å². The number of hydrogen-bond acceptors (Lipinski definition) is 4. The van der Waals surface area contributed by atoms with E-state index in [1.54, 1.807) is 18.2 Å². The van der Waals surface area contributed by atoms with E-state index >= 15 is 0 Å². The molecule has 0 radical (unpaired) electrons. The third-order valence-electron chi connectivity index (χ3n) is 5.61. The topological polar surface area (TPSA) is 60.9 Å². The number of benzene rings is 1. The Labute approximate surface area is 170 Å². The molecule has 0 saturated carbocycles. The van der Waals surface area contributed by atoms with E-state index < -0.39 is 10.0 Å². The monoisotopic (exact) mass is 457 g/mol. The Morgan fingerprint density at radius 3 is 2.33 bits per heavy atom. The van der Waals surface area contributed by atoms with Crippen LogP contribution in [0.1, 0.15) is 33.1 Å². The number of rotatable bonds is 4. The fourth-order valence-electron chi connectivity index (χ4n) is 4.09. The van der Waals surface area contributed by atoms with Crippen LogP contribution in [0, 0.1) is 0 Å². The van der Waals surface area contributed by atoms with Crippen molar-refractivity contribution in [3.63, 3.8) is 0 Å². The summed E-state index contributed by atoms with van der Waals surface area (Å²) in [6, 6.07) is 7.37. The molecular weight excluding hydrogens is 430 g/mol. The Balaban J connectivity index is 1.58. The summed E-state index contributed by atoms with van der Waals surface area (Å²) in [4.78, 5) is 17.2. The van der Waals surface area contributed by atoms with Gasteiger partial charge in [0.1, 0.15) is 0 Å². The van der Waals surface area contributed by atoms with Crippen molar-refractivity contribution in [3.05, 3.63) is 28.7 Å². The van der Waals surface area contributed by atoms with Gasteiger partial charge in [-0.2, -0.15) is 4.31 Å². The largest absolute Gasteiger partial charge is 0.336 e. The van der Waals surface area contributed by atoms with Crippen LogP contribution < -0.4 is 0 Å². The molecule has 2 atom stereocenters. The maximum Gasteiger partial charge on any atom is 0.243 e. The van der Waals surface area contributed by atoms with Crippen molar-refractivity contribution in [2.45, 2.75) is 50.1 Å². The molecule has 2 saturated heterocycles. The summed E-state index contributed by atoms with van der Waals surface area (Å²) in [5.74, 6) is 0.165. The number of piperidine rings is 1. The molecule has 8 heteroatoms. The summed E-state index contributed by atoms with van der Waals surface area (Å²) in [7, 11) is -3.49. The van der Waals surface area contributed by atoms with Crippen molar-refractivity contribution < 1.29 is 13.2 Å². The Morgan fingerprint density at radius 2 is 1.74 bits per heavy atom. The first-order valence-corrected chi connectivity index (χ1v) is 11.8. The Hall–Kier alpha value is -0.960. The molecule has 0 N–H and O–H groups in total. The minimum atomic E-state index is -3.49. The average molecular weight is 458 g/mol. The van der Waals surface area contributed by atoms with Gasteiger partial charge in [0.2, 0.25) is 15.9 Å². The molecular formula is C19H28BrN3O3S. The van der Waals surface area contributed by atoms with E-state index in [4.69, 9.17) is 0 Å². The first kappa shape index (κ1) is 20.8. The Morgan fingerprint density at radius 1 is 1.11 bits per heavy atom. The van der Waals surface area contributed by atoms with Crippen molar-refractivity contribution in [1.82, 2.24) is 14.1 Å². The molecule has 2 unspecified atom stereocenters. The van der Waals surface area contributed by atoms with E-state index in [-0.39, 0.29) is 5.91 Å². The van der Waals surface area contributed by atoms with Crippen molar-refractivity contribution in [1.29, 1.82) is 0 Å². The van der Waals surface area contributed by atoms with E-state index in [2.05, 4.69) is 34.7 Å². The zero-order valence-electron chi connectivity index (χ0n) is 16.0. The van der Waals surface area contributed by atoms with Crippen LogP contribution in [0.5, 0.6) is 0 Å². The zero-order chi connectivity index (χ0) is 19.6. The Bertz CT molecular complexity index is 768. The van der Waals surface area contributed by atoms with E-state index in [0.29, 0.717) is 49.7 Å². The molecule has 3 rings (SSSR count). The number of sulfonamides is 1. The van der Waals surface area contributed by atoms with Gasteiger partial charge in [0.15, 0.2) is 0 Å². The van der Waals surface area contributed by atoms with Crippen LogP contribution in [0.4, 0.5) is 0 Å². The fourth-order valence-corrected chi connectivity index (χ4v) is 6.11. The van der Waals surface area contributed by atoms with Gasteiger partial charge in [0, 0.05) is 42.7 Å². The number of amides is 1. The third kappa shape index (κ3) is 4.72. The van der Waals surface area contributed by atoms with Crippen molar-refractivity contribution in [3.8, 4) is 0 Å². The Kier molecular flexibility index (Phi) is 6.61. The van der Waals surface area contributed by atoms with Gasteiger partial charge in [-0.15, -0.1) is 0 Å². The molecule has 0 aromatic heterocycles. The zero-order valence-corrected chi connectivity index (χ0v) is 18.4. The van der Waals surface area contributed by atoms with Crippen LogP contribution in [-0.4, -0.2) is 73.2 Å². The second-order valence-electron chi connectivity index (χ2n) is 7.57. The fraction of sp³-hybridized carbons (Fsp3) is 0.632. The number of likely N-dealkylation sites (tertiary alicyclic amines) is 1. The number of carbonyl (C=O) groups excluding carboxylic acids is 1. The van der Waals surface area contributed by atoms with Crippen LogP contribution in [0.2, 0.25) is 0 Å². The van der Waals surface area contributed by atoms with Crippen molar-refractivity contribution in [2.24, 2.45) is 0 Å². The lowest BCUT2D eigenvalue weighted by Gasteiger charge is -2.41. The van der Waals surface area contributed by atoms with Gasteiger partial charge >= 0.3 is 0 Å². The quantitative estimate of drug-likeness (QED) is 0.696. The summed E-state index contributed by atoms with van der Waals surface area (Å²) < 4.78 is 27.9. The van der Waals surface area contributed by atoms with Gasteiger partial charge < -0.3 is 4.90 Å². The van der Waals surface area contributed by atoms with Gasteiger partial charge in [-0.05, 0) is 51.3 Å². The minimum Gasteiger partial charge on any atom is -0.336 e. The highest BCUT2D eigenvalue weighted by Crippen LogP contribution is 2.24. The SMILES string of the molecule is CC1CCCC(C)N1C(=O)CN1CCN(S(=O)(=O)c2cccc(Br)c2)CC1. The lowest BCUT2D eigenvalue weighted by atomic mass is 9.97. The van der Waals surface area contributed by atoms with Crippen LogP contribution in [0.3, 0.4) is 0 Å². The second-order valence-corrected chi connectivity index (χ2v) is 10.4. The predicted molar refractivity (Wildman–Crippen MR) is 109 cm³/mol. The van der Waals surface area contributed by atoms with Crippen LogP contribution in [-0.2, 0) is 14.8 Å². The number of halogens is 1. The lowest BCUT2D eigenvalue weighted by molar-refractivity contribution is -0.138. The second kappa shape index (κ2) is 8.59. The van der Waals surface area contributed by atoms with Gasteiger partial charge in [0.05, 0.1) is 11.4 Å². The first-order chi connectivity index (χ1) is 12.8. The smallest absolute Gasteiger partial charge is 0.243 e. The molecule has 2 heterocycles. The summed E-state index contributed by atoms with van der Waals surface area (Å²) in [6.07, 6.45) is 3.31. The van der Waals surface area contributed by atoms with Crippen LogP contribution >= 0.6 is 15.9 Å². The van der Waals surface area contributed by atoms with Crippen LogP contribution in [0.15, 0.2) is 33.6 Å². The molecule has 0 spiro atoms. The lowest BCUT2D eigenvalue weighted by Crippen LogP contribution is -2.54. The molecule has 27 heavy (non-hydrogen) atoms. The summed E-state index contributed by atoms with van der Waals surface area (Å²) in [6.45, 7) is 6.59. The van der Waals surface area contributed by atoms with Gasteiger partial charge in [-0.25, -0.2) is 8.42 Å². The highest BCUT2D eigenvalue weighted by atomic mass is 79.9. The normalized spacial score (nSPS) is 25.5. The summed E-state index contributed by atoms with van der Waals surface area (Å²) >= 11 is 3.33. The number of hydrogen-bond donors (Lipinski definition) is 0. The molecule has 6 nitrogen and oxygen atoms in total. The molecule has 0 aliphatic carbocycles. The number of piperazine rings is 1. The van der Waals surface area contributed by atoms with E-state index in [9.17, 15) is 13.2 Å². The molecule has 2 aliphatic rings. The summed E-state index contributed by atoms with van der Waals surface area (Å²) in [5.41, 5.74) is 0.